The first kappa shape index (κ1) is 15.0. The Morgan fingerprint density at radius 3 is 2.75 bits per heavy atom. The Kier molecular flexibility index (Phi) is 4.45. The van der Waals surface area contributed by atoms with E-state index < -0.39 is 0 Å². The van der Waals surface area contributed by atoms with Crippen LogP contribution in [0.15, 0.2) is 6.20 Å². The monoisotopic (exact) mass is 294 g/mol. The molecule has 20 heavy (non-hydrogen) atoms. The van der Waals surface area contributed by atoms with Gasteiger partial charge in [-0.15, -0.1) is 11.3 Å². The van der Waals surface area contributed by atoms with Crippen molar-refractivity contribution in [1.29, 1.82) is 0 Å². The van der Waals surface area contributed by atoms with Crippen LogP contribution in [0.25, 0.3) is 4.96 Å². The van der Waals surface area contributed by atoms with E-state index in [1.165, 1.54) is 4.88 Å². The maximum Gasteiger partial charge on any atom is 0.237 e. The predicted molar refractivity (Wildman–Crippen MR) is 82.1 cm³/mol. The first-order chi connectivity index (χ1) is 9.38. The zero-order valence-electron chi connectivity index (χ0n) is 12.7. The van der Waals surface area contributed by atoms with Gasteiger partial charge in [-0.25, -0.2) is 4.98 Å². The maximum atomic E-state index is 11.9. The van der Waals surface area contributed by atoms with E-state index in [2.05, 4.69) is 33.1 Å². The van der Waals surface area contributed by atoms with Crippen molar-refractivity contribution in [1.82, 2.24) is 20.0 Å². The zero-order valence-corrected chi connectivity index (χ0v) is 13.5. The highest BCUT2D eigenvalue weighted by atomic mass is 32.1. The van der Waals surface area contributed by atoms with Crippen LogP contribution in [-0.2, 0) is 11.3 Å². The van der Waals surface area contributed by atoms with Gasteiger partial charge in [0.15, 0.2) is 4.96 Å². The van der Waals surface area contributed by atoms with Gasteiger partial charge in [0, 0.05) is 23.7 Å². The molecule has 2 aromatic heterocycles. The van der Waals surface area contributed by atoms with Crippen molar-refractivity contribution in [2.75, 3.05) is 0 Å². The quantitative estimate of drug-likeness (QED) is 0.887. The van der Waals surface area contributed by atoms with E-state index in [4.69, 9.17) is 0 Å². The van der Waals surface area contributed by atoms with Crippen LogP contribution in [0.3, 0.4) is 0 Å². The summed E-state index contributed by atoms with van der Waals surface area (Å²) in [7, 11) is 0. The molecule has 0 aliphatic heterocycles. The molecule has 6 heteroatoms. The summed E-state index contributed by atoms with van der Waals surface area (Å²) >= 11 is 1.68. The number of fused-ring (bicyclic) bond motifs is 1. The van der Waals surface area contributed by atoms with E-state index in [1.54, 1.807) is 11.3 Å². The largest absolute Gasteiger partial charge is 0.353 e. The Hall–Kier alpha value is -1.40. The average molecular weight is 294 g/mol. The molecule has 2 rings (SSSR count). The molecule has 2 aromatic rings. The standard InChI is InChI=1S/C14H22N4OS/c1-8(2)16-13(19)11(5)15-6-12-10(4)17-14-18(12)7-9(3)20-14/h7-8,11,15H,6H2,1-5H3,(H,16,19). The van der Waals surface area contributed by atoms with Crippen LogP contribution < -0.4 is 10.6 Å². The number of carbonyl (C=O) groups excluding carboxylic acids is 1. The summed E-state index contributed by atoms with van der Waals surface area (Å²) in [5, 5.41) is 6.17. The normalized spacial score (nSPS) is 13.1. The number of nitrogens with zero attached hydrogens (tertiary/aromatic N) is 2. The average Bonchev–Trinajstić information content (AvgIpc) is 2.81. The number of thiazole rings is 1. The number of nitrogens with one attached hydrogen (secondary N) is 2. The van der Waals surface area contributed by atoms with E-state index in [9.17, 15) is 4.79 Å². The lowest BCUT2D eigenvalue weighted by atomic mass is 10.2. The minimum Gasteiger partial charge on any atom is -0.353 e. The van der Waals surface area contributed by atoms with Gasteiger partial charge in [-0.2, -0.15) is 0 Å². The first-order valence-electron chi connectivity index (χ1n) is 6.86. The van der Waals surface area contributed by atoms with Crippen molar-refractivity contribution in [3.8, 4) is 0 Å². The Balaban J connectivity index is 2.05. The molecule has 0 saturated heterocycles. The Bertz CT molecular complexity index is 614. The number of aromatic nitrogens is 2. The number of carbonyl (C=O) groups is 1. The molecule has 0 radical (unpaired) electrons. The number of imidazole rings is 1. The van der Waals surface area contributed by atoms with Crippen molar-refractivity contribution in [3.63, 3.8) is 0 Å². The van der Waals surface area contributed by atoms with Gasteiger partial charge in [0.1, 0.15) is 0 Å². The minimum absolute atomic E-state index is 0.0277. The Morgan fingerprint density at radius 1 is 1.40 bits per heavy atom. The SMILES string of the molecule is Cc1cn2c(CNC(C)C(=O)NC(C)C)c(C)nc2s1. The molecule has 1 amide bonds. The molecule has 0 saturated carbocycles. The van der Waals surface area contributed by atoms with E-state index >= 15 is 0 Å². The van der Waals surface area contributed by atoms with Crippen LogP contribution in [0.2, 0.25) is 0 Å². The molecule has 0 spiro atoms. The van der Waals surface area contributed by atoms with Crippen LogP contribution in [-0.4, -0.2) is 27.4 Å². The Labute approximate surface area is 123 Å². The molecular weight excluding hydrogens is 272 g/mol. The smallest absolute Gasteiger partial charge is 0.237 e. The number of hydrogen-bond acceptors (Lipinski definition) is 4. The van der Waals surface area contributed by atoms with Crippen LogP contribution in [0.1, 0.15) is 37.0 Å². The number of amides is 1. The Morgan fingerprint density at radius 2 is 2.10 bits per heavy atom. The molecule has 0 aliphatic rings. The number of hydrogen-bond donors (Lipinski definition) is 2. The second-order valence-electron chi connectivity index (χ2n) is 5.40. The summed E-state index contributed by atoms with van der Waals surface area (Å²) in [6.45, 7) is 10.5. The lowest BCUT2D eigenvalue weighted by Gasteiger charge is -2.16. The van der Waals surface area contributed by atoms with Gasteiger partial charge < -0.3 is 10.6 Å². The molecule has 2 N–H and O–H groups in total. The van der Waals surface area contributed by atoms with E-state index in [0.717, 1.165) is 16.3 Å². The first-order valence-corrected chi connectivity index (χ1v) is 7.68. The van der Waals surface area contributed by atoms with Gasteiger partial charge in [-0.3, -0.25) is 9.20 Å². The van der Waals surface area contributed by atoms with Crippen LogP contribution in [0.5, 0.6) is 0 Å². The lowest BCUT2D eigenvalue weighted by molar-refractivity contribution is -0.123. The van der Waals surface area contributed by atoms with Gasteiger partial charge in [-0.05, 0) is 34.6 Å². The molecule has 0 aliphatic carbocycles. The fourth-order valence-electron chi connectivity index (χ4n) is 2.07. The van der Waals surface area contributed by atoms with Crippen LogP contribution in [0, 0.1) is 13.8 Å². The summed E-state index contributed by atoms with van der Waals surface area (Å²) in [5.41, 5.74) is 2.13. The minimum atomic E-state index is -0.220. The summed E-state index contributed by atoms with van der Waals surface area (Å²) in [6.07, 6.45) is 2.09. The summed E-state index contributed by atoms with van der Waals surface area (Å²) in [5.74, 6) is 0.0277. The molecular formula is C14H22N4OS. The van der Waals surface area contributed by atoms with Crippen molar-refractivity contribution >= 4 is 22.2 Å². The lowest BCUT2D eigenvalue weighted by Crippen LogP contribution is -2.44. The molecule has 0 bridgehead atoms. The second-order valence-corrected chi connectivity index (χ2v) is 6.62. The highest BCUT2D eigenvalue weighted by Gasteiger charge is 2.16. The fraction of sp³-hybridized carbons (Fsp3) is 0.571. The van der Waals surface area contributed by atoms with E-state index in [1.807, 2.05) is 27.7 Å². The van der Waals surface area contributed by atoms with Gasteiger partial charge in [0.2, 0.25) is 5.91 Å². The topological polar surface area (TPSA) is 58.4 Å². The van der Waals surface area contributed by atoms with E-state index in [0.29, 0.717) is 6.54 Å². The predicted octanol–water partition coefficient (Wildman–Crippen LogP) is 2.02. The summed E-state index contributed by atoms with van der Waals surface area (Å²) in [6, 6.07) is -0.0586. The summed E-state index contributed by atoms with van der Waals surface area (Å²) < 4.78 is 2.11. The third-order valence-electron chi connectivity index (χ3n) is 3.14. The third kappa shape index (κ3) is 3.19. The second kappa shape index (κ2) is 5.93. The molecule has 1 unspecified atom stereocenters. The van der Waals surface area contributed by atoms with Gasteiger partial charge in [-0.1, -0.05) is 0 Å². The van der Waals surface area contributed by atoms with Crippen molar-refractivity contribution < 1.29 is 4.79 Å². The van der Waals surface area contributed by atoms with Gasteiger partial charge in [0.05, 0.1) is 17.4 Å². The van der Waals surface area contributed by atoms with Crippen LogP contribution >= 0.6 is 11.3 Å². The van der Waals surface area contributed by atoms with Crippen molar-refractivity contribution in [2.24, 2.45) is 0 Å². The molecule has 1 atom stereocenters. The van der Waals surface area contributed by atoms with Gasteiger partial charge in [0.25, 0.3) is 0 Å². The fourth-order valence-corrected chi connectivity index (χ4v) is 2.96. The van der Waals surface area contributed by atoms with Crippen molar-refractivity contribution in [3.05, 3.63) is 22.5 Å². The molecule has 2 heterocycles. The zero-order chi connectivity index (χ0) is 14.9. The third-order valence-corrected chi connectivity index (χ3v) is 4.04. The number of rotatable bonds is 5. The van der Waals surface area contributed by atoms with E-state index in [-0.39, 0.29) is 18.0 Å². The maximum absolute atomic E-state index is 11.9. The molecule has 0 aromatic carbocycles. The van der Waals surface area contributed by atoms with Crippen LogP contribution in [0.4, 0.5) is 0 Å². The number of aryl methyl sites for hydroxylation is 2. The summed E-state index contributed by atoms with van der Waals surface area (Å²) in [4.78, 5) is 18.7. The van der Waals surface area contributed by atoms with Crippen molar-refractivity contribution in [2.45, 2.75) is 53.2 Å². The highest BCUT2D eigenvalue weighted by Crippen LogP contribution is 2.20. The van der Waals surface area contributed by atoms with Gasteiger partial charge >= 0.3 is 0 Å². The molecule has 5 nitrogen and oxygen atoms in total. The molecule has 0 fully saturated rings. The molecule has 110 valence electrons. The highest BCUT2D eigenvalue weighted by molar-refractivity contribution is 7.17.